The highest BCUT2D eigenvalue weighted by molar-refractivity contribution is 5.50. The van der Waals surface area contributed by atoms with E-state index in [1.165, 1.54) is 6.08 Å². The number of rotatable bonds is 2. The van der Waals surface area contributed by atoms with E-state index in [2.05, 4.69) is 0 Å². The van der Waals surface area contributed by atoms with Gasteiger partial charge in [-0.3, -0.25) is 0 Å². The van der Waals surface area contributed by atoms with Gasteiger partial charge in [0.25, 0.3) is 0 Å². The topological polar surface area (TPSA) is 0 Å². The average molecular weight is 132 g/mol. The highest BCUT2D eigenvalue weighted by Gasteiger charge is 1.78. The second-order valence-corrected chi connectivity index (χ2v) is 1.94. The van der Waals surface area contributed by atoms with Crippen molar-refractivity contribution in [3.63, 3.8) is 0 Å². The van der Waals surface area contributed by atoms with Gasteiger partial charge in [0.1, 0.15) is 0 Å². The first-order chi connectivity index (χ1) is 5.79. The van der Waals surface area contributed by atoms with E-state index in [-0.39, 0.29) is 6.53 Å². The van der Waals surface area contributed by atoms with Gasteiger partial charge in [-0.05, 0) is 5.56 Å². The monoisotopic (exact) mass is 132 g/mol. The van der Waals surface area contributed by atoms with Crippen molar-refractivity contribution in [1.29, 1.82) is 0 Å². The molecule has 0 heteroatoms. The number of hydrogen-bond donors (Lipinski definition) is 0. The molecule has 1 rings (SSSR count). The minimum absolute atomic E-state index is 0.179. The van der Waals surface area contributed by atoms with Crippen LogP contribution in [0.2, 0.25) is 0 Å². The summed E-state index contributed by atoms with van der Waals surface area (Å²) in [4.78, 5) is 0. The van der Waals surface area contributed by atoms with E-state index in [4.69, 9.17) is 2.74 Å². The van der Waals surface area contributed by atoms with Crippen molar-refractivity contribution in [3.05, 3.63) is 54.6 Å². The van der Waals surface area contributed by atoms with E-state index in [0.717, 1.165) is 5.56 Å². The smallest absolute Gasteiger partial charge is 0.0538 e. The highest BCUT2D eigenvalue weighted by Crippen LogP contribution is 1.99. The van der Waals surface area contributed by atoms with Crippen LogP contribution in [0.15, 0.2) is 49.0 Å². The molecule has 0 amide bonds. The summed E-state index contributed by atoms with van der Waals surface area (Å²) < 4.78 is 13.6. The first-order valence-electron chi connectivity index (χ1n) is 4.15. The Bertz CT molecular complexity index is 282. The van der Waals surface area contributed by atoms with Gasteiger partial charge < -0.3 is 0 Å². The Kier molecular flexibility index (Phi) is 1.66. The zero-order valence-corrected chi connectivity index (χ0v) is 5.62. The molecule has 1 aromatic rings. The molecule has 0 fully saturated rings. The zero-order chi connectivity index (χ0) is 8.81. The SMILES string of the molecule is [2H]C([2H])=C/C=C/c1ccccc1. The van der Waals surface area contributed by atoms with Gasteiger partial charge in [-0.1, -0.05) is 55.1 Å². The summed E-state index contributed by atoms with van der Waals surface area (Å²) in [6.07, 6.45) is 5.00. The van der Waals surface area contributed by atoms with Crippen LogP contribution in [0, 0.1) is 0 Å². The lowest BCUT2D eigenvalue weighted by molar-refractivity contribution is 1.66. The van der Waals surface area contributed by atoms with E-state index in [0.29, 0.717) is 0 Å². The molecule has 50 valence electrons. The molecule has 0 aliphatic rings. The third kappa shape index (κ3) is 1.90. The molecule has 0 saturated carbocycles. The predicted octanol–water partition coefficient (Wildman–Crippen LogP) is 2.89. The highest BCUT2D eigenvalue weighted by atomic mass is 13.8. The number of hydrogen-bond acceptors (Lipinski definition) is 0. The van der Waals surface area contributed by atoms with Crippen LogP contribution in [0.5, 0.6) is 0 Å². The van der Waals surface area contributed by atoms with Gasteiger partial charge in [-0.2, -0.15) is 0 Å². The Hall–Kier alpha value is -1.30. The fraction of sp³-hybridized carbons (Fsp3) is 0. The summed E-state index contributed by atoms with van der Waals surface area (Å²) in [6, 6.07) is 9.79. The van der Waals surface area contributed by atoms with E-state index in [9.17, 15) is 0 Å². The molecule has 0 heterocycles. The van der Waals surface area contributed by atoms with Crippen molar-refractivity contribution in [2.45, 2.75) is 0 Å². The molecule has 0 aliphatic carbocycles. The van der Waals surface area contributed by atoms with Gasteiger partial charge in [-0.25, -0.2) is 0 Å². The maximum atomic E-state index is 6.82. The normalized spacial score (nSPS) is 12.4. The van der Waals surface area contributed by atoms with Gasteiger partial charge in [0.05, 0.1) is 2.74 Å². The zero-order valence-electron chi connectivity index (χ0n) is 7.62. The maximum Gasteiger partial charge on any atom is 0.0538 e. The molecule has 0 spiro atoms. The Morgan fingerprint density at radius 2 is 2.10 bits per heavy atom. The van der Waals surface area contributed by atoms with Crippen LogP contribution in [0.3, 0.4) is 0 Å². The van der Waals surface area contributed by atoms with Crippen LogP contribution < -0.4 is 0 Å². The molecule has 0 bridgehead atoms. The minimum Gasteiger partial charge on any atom is -0.0991 e. The van der Waals surface area contributed by atoms with Crippen LogP contribution in [0.1, 0.15) is 8.30 Å². The van der Waals surface area contributed by atoms with Crippen molar-refractivity contribution in [3.8, 4) is 0 Å². The molecule has 0 unspecified atom stereocenters. The molecule has 10 heavy (non-hydrogen) atoms. The van der Waals surface area contributed by atoms with Crippen molar-refractivity contribution in [1.82, 2.24) is 0 Å². The lowest BCUT2D eigenvalue weighted by atomic mass is 10.2. The van der Waals surface area contributed by atoms with Gasteiger partial charge in [0.15, 0.2) is 0 Å². The number of benzene rings is 1. The third-order valence-electron chi connectivity index (χ3n) is 1.18. The Morgan fingerprint density at radius 3 is 2.80 bits per heavy atom. The van der Waals surface area contributed by atoms with E-state index < -0.39 is 0 Å². The standard InChI is InChI=1S/C10H10/c1-2-3-7-10-8-5-4-6-9-10/h2-9H,1H2/b7-3+/i1D2. The Balaban J connectivity index is 2.64. The van der Waals surface area contributed by atoms with Crippen molar-refractivity contribution >= 4 is 6.08 Å². The second-order valence-electron chi connectivity index (χ2n) is 1.94. The summed E-state index contributed by atoms with van der Waals surface area (Å²) in [5, 5.41) is 0. The van der Waals surface area contributed by atoms with E-state index in [1.54, 1.807) is 6.08 Å². The van der Waals surface area contributed by atoms with Gasteiger partial charge in [0, 0.05) is 0 Å². The first kappa shape index (κ1) is 4.51. The van der Waals surface area contributed by atoms with E-state index >= 15 is 0 Å². The lowest BCUT2D eigenvalue weighted by Gasteiger charge is -1.87. The molecule has 1 aromatic carbocycles. The van der Waals surface area contributed by atoms with Crippen molar-refractivity contribution in [2.24, 2.45) is 0 Å². The summed E-state index contributed by atoms with van der Waals surface area (Å²) >= 11 is 0. The fourth-order valence-corrected chi connectivity index (χ4v) is 0.723. The Morgan fingerprint density at radius 1 is 1.30 bits per heavy atom. The molecule has 0 atom stereocenters. The van der Waals surface area contributed by atoms with Crippen LogP contribution in [0.25, 0.3) is 6.08 Å². The first-order valence-corrected chi connectivity index (χ1v) is 3.15. The molecule has 0 nitrogen and oxygen atoms in total. The quantitative estimate of drug-likeness (QED) is 0.543. The lowest BCUT2D eigenvalue weighted by Crippen LogP contribution is -1.65. The average Bonchev–Trinajstić information content (AvgIpc) is 2.05. The molecule has 0 aromatic heterocycles. The molecule has 0 aliphatic heterocycles. The largest absolute Gasteiger partial charge is 0.0991 e. The second kappa shape index (κ2) is 3.67. The van der Waals surface area contributed by atoms with Gasteiger partial charge in [0.2, 0.25) is 0 Å². The summed E-state index contributed by atoms with van der Waals surface area (Å²) in [5.74, 6) is 0. The molecule has 0 radical (unpaired) electrons. The summed E-state index contributed by atoms with van der Waals surface area (Å²) in [5.41, 5.74) is 1.08. The third-order valence-corrected chi connectivity index (χ3v) is 1.18. The fourth-order valence-electron chi connectivity index (χ4n) is 0.723. The number of allylic oxidation sites excluding steroid dienone is 2. The van der Waals surface area contributed by atoms with Crippen molar-refractivity contribution in [2.75, 3.05) is 0 Å². The summed E-state index contributed by atoms with van der Waals surface area (Å²) in [6.45, 7) is -0.179. The molecule has 0 saturated heterocycles. The van der Waals surface area contributed by atoms with Crippen LogP contribution in [-0.4, -0.2) is 0 Å². The predicted molar refractivity (Wildman–Crippen MR) is 45.7 cm³/mol. The molecule has 0 N–H and O–H groups in total. The molecular weight excluding hydrogens is 120 g/mol. The van der Waals surface area contributed by atoms with Gasteiger partial charge in [-0.15, -0.1) is 0 Å². The molecular formula is C10H10. The van der Waals surface area contributed by atoms with Crippen LogP contribution in [0.4, 0.5) is 0 Å². The summed E-state index contributed by atoms with van der Waals surface area (Å²) in [7, 11) is 0. The Labute approximate surface area is 64.3 Å². The van der Waals surface area contributed by atoms with E-state index in [1.807, 2.05) is 36.4 Å². The van der Waals surface area contributed by atoms with Crippen LogP contribution in [-0.2, 0) is 0 Å². The minimum atomic E-state index is -0.179. The maximum absolute atomic E-state index is 6.82. The van der Waals surface area contributed by atoms with Gasteiger partial charge >= 0.3 is 0 Å². The van der Waals surface area contributed by atoms with Crippen LogP contribution >= 0.6 is 0 Å². The van der Waals surface area contributed by atoms with Crippen molar-refractivity contribution < 1.29 is 2.74 Å².